The van der Waals surface area contributed by atoms with Crippen LogP contribution in [0.1, 0.15) is 23.2 Å². The van der Waals surface area contributed by atoms with Crippen LogP contribution in [0.4, 0.5) is 5.69 Å². The molecule has 2 aromatic carbocycles. The molecule has 1 aromatic heterocycles. The lowest BCUT2D eigenvalue weighted by atomic mass is 9.85. The molecule has 4 rings (SSSR count). The quantitative estimate of drug-likeness (QED) is 0.692. The van der Waals surface area contributed by atoms with Crippen LogP contribution in [0.5, 0.6) is 5.75 Å². The molecular formula is C21H21ClN2O2. The van der Waals surface area contributed by atoms with Gasteiger partial charge in [0, 0.05) is 33.2 Å². The highest BCUT2D eigenvalue weighted by Crippen LogP contribution is 2.34. The van der Waals surface area contributed by atoms with E-state index in [4.69, 9.17) is 16.3 Å². The van der Waals surface area contributed by atoms with Gasteiger partial charge >= 0.3 is 0 Å². The molecule has 0 bridgehead atoms. The van der Waals surface area contributed by atoms with Gasteiger partial charge in [0.15, 0.2) is 0 Å². The number of nitrogens with one attached hydrogen (secondary N) is 2. The van der Waals surface area contributed by atoms with Crippen LogP contribution in [0.3, 0.4) is 0 Å². The number of carbonyl (C=O) groups excluding carboxylic acids is 1. The molecule has 0 spiro atoms. The Kier molecular flexibility index (Phi) is 4.37. The van der Waals surface area contributed by atoms with Crippen molar-refractivity contribution in [1.82, 2.24) is 4.98 Å². The van der Waals surface area contributed by atoms with Crippen molar-refractivity contribution in [3.05, 3.63) is 58.2 Å². The maximum Gasteiger partial charge on any atom is 0.227 e. The summed E-state index contributed by atoms with van der Waals surface area (Å²) < 4.78 is 5.35. The van der Waals surface area contributed by atoms with E-state index in [0.29, 0.717) is 5.02 Å². The fraction of sp³-hybridized carbons (Fsp3) is 0.286. The Morgan fingerprint density at radius 2 is 2.12 bits per heavy atom. The minimum atomic E-state index is -0.0391. The van der Waals surface area contributed by atoms with Gasteiger partial charge in [-0.3, -0.25) is 4.79 Å². The number of anilines is 1. The van der Waals surface area contributed by atoms with Crippen LogP contribution in [-0.4, -0.2) is 18.0 Å². The van der Waals surface area contributed by atoms with Gasteiger partial charge < -0.3 is 15.0 Å². The first-order valence-corrected chi connectivity index (χ1v) is 9.17. The largest absolute Gasteiger partial charge is 0.497 e. The lowest BCUT2D eigenvalue weighted by molar-refractivity contribution is -0.120. The predicted molar refractivity (Wildman–Crippen MR) is 105 cm³/mol. The molecule has 0 fully saturated rings. The van der Waals surface area contributed by atoms with Crippen LogP contribution >= 0.6 is 11.6 Å². The molecule has 1 aliphatic rings. The number of aromatic amines is 1. The van der Waals surface area contributed by atoms with Crippen LogP contribution in [-0.2, 0) is 17.6 Å². The molecular weight excluding hydrogens is 348 g/mol. The fourth-order valence-electron chi connectivity index (χ4n) is 3.75. The summed E-state index contributed by atoms with van der Waals surface area (Å²) >= 11 is 6.00. The average Bonchev–Trinajstić information content (AvgIpc) is 3.00. The van der Waals surface area contributed by atoms with Gasteiger partial charge in [0.1, 0.15) is 5.75 Å². The summed E-state index contributed by atoms with van der Waals surface area (Å²) in [6.07, 6.45) is 2.46. The molecule has 1 unspecified atom stereocenters. The van der Waals surface area contributed by atoms with E-state index in [1.807, 2.05) is 37.3 Å². The standard InChI is InChI=1S/C21H21ClN2O2/c1-12-9-14(22)4-7-18(12)24-21(25)13-3-6-19-16(10-13)17-11-15(26-2)5-8-20(17)23-19/h4-5,7-9,11,13,23H,3,6,10H2,1-2H3,(H,24,25). The van der Waals surface area contributed by atoms with E-state index in [0.717, 1.165) is 47.2 Å². The SMILES string of the molecule is COc1ccc2[nH]c3c(c2c1)CC(C(=O)Nc1ccc(Cl)cc1C)CC3. The number of benzene rings is 2. The third-order valence-electron chi connectivity index (χ3n) is 5.21. The molecule has 0 aliphatic heterocycles. The van der Waals surface area contributed by atoms with Crippen molar-refractivity contribution >= 4 is 34.1 Å². The van der Waals surface area contributed by atoms with Gasteiger partial charge in [0.05, 0.1) is 7.11 Å². The number of hydrogen-bond acceptors (Lipinski definition) is 2. The van der Waals surface area contributed by atoms with Crippen LogP contribution in [0, 0.1) is 12.8 Å². The monoisotopic (exact) mass is 368 g/mol. The normalized spacial score (nSPS) is 16.3. The summed E-state index contributed by atoms with van der Waals surface area (Å²) in [5, 5.41) is 4.90. The van der Waals surface area contributed by atoms with Crippen molar-refractivity contribution in [3.63, 3.8) is 0 Å². The summed E-state index contributed by atoms with van der Waals surface area (Å²) in [5.41, 5.74) is 5.37. The van der Waals surface area contributed by atoms with Crippen LogP contribution in [0.2, 0.25) is 5.02 Å². The number of methoxy groups -OCH3 is 1. The lowest BCUT2D eigenvalue weighted by Gasteiger charge is -2.22. The summed E-state index contributed by atoms with van der Waals surface area (Å²) in [5.74, 6) is 0.865. The number of halogens is 1. The summed E-state index contributed by atoms with van der Waals surface area (Å²) in [4.78, 5) is 16.3. The number of aromatic nitrogens is 1. The zero-order chi connectivity index (χ0) is 18.3. The highest BCUT2D eigenvalue weighted by atomic mass is 35.5. The molecule has 5 heteroatoms. The molecule has 1 atom stereocenters. The molecule has 1 heterocycles. The molecule has 4 nitrogen and oxygen atoms in total. The molecule has 0 saturated heterocycles. The Hall–Kier alpha value is -2.46. The molecule has 2 N–H and O–H groups in total. The zero-order valence-corrected chi connectivity index (χ0v) is 15.6. The number of aryl methyl sites for hydroxylation is 2. The van der Waals surface area contributed by atoms with Crippen molar-refractivity contribution in [3.8, 4) is 5.75 Å². The van der Waals surface area contributed by atoms with Crippen molar-refractivity contribution in [2.45, 2.75) is 26.2 Å². The summed E-state index contributed by atoms with van der Waals surface area (Å²) in [7, 11) is 1.67. The smallest absolute Gasteiger partial charge is 0.227 e. The number of amides is 1. The zero-order valence-electron chi connectivity index (χ0n) is 14.9. The van der Waals surface area contributed by atoms with Crippen molar-refractivity contribution in [1.29, 1.82) is 0 Å². The second-order valence-electron chi connectivity index (χ2n) is 6.88. The van der Waals surface area contributed by atoms with Crippen LogP contribution in [0.15, 0.2) is 36.4 Å². The first kappa shape index (κ1) is 17.0. The first-order chi connectivity index (χ1) is 12.5. The number of hydrogen-bond donors (Lipinski definition) is 2. The number of H-pyrrole nitrogens is 1. The molecule has 26 heavy (non-hydrogen) atoms. The van der Waals surface area contributed by atoms with E-state index in [2.05, 4.69) is 10.3 Å². The molecule has 1 amide bonds. The number of carbonyl (C=O) groups is 1. The number of ether oxygens (including phenoxy) is 1. The Morgan fingerprint density at radius 1 is 1.27 bits per heavy atom. The van der Waals surface area contributed by atoms with Crippen molar-refractivity contribution in [2.24, 2.45) is 5.92 Å². The molecule has 1 aliphatic carbocycles. The number of fused-ring (bicyclic) bond motifs is 3. The second kappa shape index (κ2) is 6.69. The lowest BCUT2D eigenvalue weighted by Crippen LogP contribution is -2.28. The minimum Gasteiger partial charge on any atom is -0.497 e. The fourth-order valence-corrected chi connectivity index (χ4v) is 3.98. The van der Waals surface area contributed by atoms with Crippen molar-refractivity contribution in [2.75, 3.05) is 12.4 Å². The van der Waals surface area contributed by atoms with E-state index in [1.165, 1.54) is 11.3 Å². The molecule has 134 valence electrons. The van der Waals surface area contributed by atoms with Gasteiger partial charge in [0.25, 0.3) is 0 Å². The van der Waals surface area contributed by atoms with Gasteiger partial charge in [0.2, 0.25) is 5.91 Å². The summed E-state index contributed by atoms with van der Waals surface area (Å²) in [6, 6.07) is 11.6. The average molecular weight is 369 g/mol. The number of rotatable bonds is 3. The first-order valence-electron chi connectivity index (χ1n) is 8.79. The van der Waals surface area contributed by atoms with Gasteiger partial charge in [-0.05, 0) is 73.7 Å². The van der Waals surface area contributed by atoms with E-state index in [9.17, 15) is 4.79 Å². The van der Waals surface area contributed by atoms with E-state index >= 15 is 0 Å². The second-order valence-corrected chi connectivity index (χ2v) is 7.32. The highest BCUT2D eigenvalue weighted by Gasteiger charge is 2.27. The van der Waals surface area contributed by atoms with E-state index < -0.39 is 0 Å². The van der Waals surface area contributed by atoms with Gasteiger partial charge in [-0.25, -0.2) is 0 Å². The highest BCUT2D eigenvalue weighted by molar-refractivity contribution is 6.30. The van der Waals surface area contributed by atoms with E-state index in [-0.39, 0.29) is 11.8 Å². The topological polar surface area (TPSA) is 54.1 Å². The van der Waals surface area contributed by atoms with Crippen LogP contribution in [0.25, 0.3) is 10.9 Å². The minimum absolute atomic E-state index is 0.0391. The Labute approximate surface area is 157 Å². The van der Waals surface area contributed by atoms with Crippen LogP contribution < -0.4 is 10.1 Å². The van der Waals surface area contributed by atoms with E-state index in [1.54, 1.807) is 13.2 Å². The third-order valence-corrected chi connectivity index (χ3v) is 5.45. The molecule has 0 saturated carbocycles. The Morgan fingerprint density at radius 3 is 2.88 bits per heavy atom. The third kappa shape index (κ3) is 3.06. The molecule has 3 aromatic rings. The Balaban J connectivity index is 1.58. The maximum atomic E-state index is 12.8. The van der Waals surface area contributed by atoms with Gasteiger partial charge in [-0.1, -0.05) is 11.6 Å². The Bertz CT molecular complexity index is 993. The predicted octanol–water partition coefficient (Wildman–Crippen LogP) is 4.88. The maximum absolute atomic E-state index is 12.8. The van der Waals surface area contributed by atoms with Gasteiger partial charge in [-0.15, -0.1) is 0 Å². The van der Waals surface area contributed by atoms with Crippen molar-refractivity contribution < 1.29 is 9.53 Å². The summed E-state index contributed by atoms with van der Waals surface area (Å²) in [6.45, 7) is 1.95. The van der Waals surface area contributed by atoms with Gasteiger partial charge in [-0.2, -0.15) is 0 Å². The molecule has 0 radical (unpaired) electrons.